The van der Waals surface area contributed by atoms with Gasteiger partial charge in [0.15, 0.2) is 3.83 Å². The second-order valence-corrected chi connectivity index (χ2v) is 7.27. The van der Waals surface area contributed by atoms with Crippen molar-refractivity contribution in [2.45, 2.75) is 16.4 Å². The van der Waals surface area contributed by atoms with Crippen molar-refractivity contribution in [2.24, 2.45) is 0 Å². The van der Waals surface area contributed by atoms with Crippen LogP contribution >= 0.6 is 34.4 Å². The third kappa shape index (κ3) is 4.86. The van der Waals surface area contributed by atoms with Gasteiger partial charge in [0.25, 0.3) is 0 Å². The highest BCUT2D eigenvalue weighted by molar-refractivity contribution is 14.1. The Morgan fingerprint density at radius 3 is 2.73 bits per heavy atom. The zero-order valence-corrected chi connectivity index (χ0v) is 16.8. The third-order valence-corrected chi connectivity index (χ3v) is 4.94. The molecule has 0 saturated carbocycles. The topological polar surface area (TPSA) is 68.0 Å². The normalized spacial score (nSPS) is 10.2. The number of nitrogens with zero attached hydrogens (tertiary/aromatic N) is 3. The highest BCUT2D eigenvalue weighted by atomic mass is 127. The fourth-order valence-electron chi connectivity index (χ4n) is 2.15. The van der Waals surface area contributed by atoms with Gasteiger partial charge in [0.2, 0.25) is 5.88 Å². The SMILES string of the molecule is COc1cccc(COc2nc(I)ncc2Sc2ccc(C#N)cc2)c1. The Morgan fingerprint density at radius 1 is 1.19 bits per heavy atom. The number of hydrogen-bond donors (Lipinski definition) is 0. The molecule has 3 rings (SSSR count). The summed E-state index contributed by atoms with van der Waals surface area (Å²) in [6.07, 6.45) is 1.75. The van der Waals surface area contributed by atoms with Crippen molar-refractivity contribution in [1.29, 1.82) is 5.26 Å². The monoisotopic (exact) mass is 475 g/mol. The lowest BCUT2D eigenvalue weighted by atomic mass is 10.2. The van der Waals surface area contributed by atoms with Crippen LogP contribution in [0.25, 0.3) is 0 Å². The molecule has 0 aliphatic heterocycles. The number of hydrogen-bond acceptors (Lipinski definition) is 6. The van der Waals surface area contributed by atoms with Gasteiger partial charge in [0.1, 0.15) is 12.4 Å². The van der Waals surface area contributed by atoms with Crippen LogP contribution in [0.1, 0.15) is 11.1 Å². The van der Waals surface area contributed by atoms with Crippen molar-refractivity contribution in [3.63, 3.8) is 0 Å². The van der Waals surface area contributed by atoms with Crippen LogP contribution in [-0.2, 0) is 6.61 Å². The van der Waals surface area contributed by atoms with Crippen LogP contribution in [0.5, 0.6) is 11.6 Å². The summed E-state index contributed by atoms with van der Waals surface area (Å²) < 4.78 is 11.8. The van der Waals surface area contributed by atoms with Gasteiger partial charge in [-0.1, -0.05) is 23.9 Å². The first-order valence-electron chi connectivity index (χ1n) is 7.64. The summed E-state index contributed by atoms with van der Waals surface area (Å²) in [5.74, 6) is 1.32. The Morgan fingerprint density at radius 2 is 2.00 bits per heavy atom. The summed E-state index contributed by atoms with van der Waals surface area (Å²) >= 11 is 3.56. The van der Waals surface area contributed by atoms with Crippen LogP contribution in [0.15, 0.2) is 64.5 Å². The molecule has 0 radical (unpaired) electrons. The van der Waals surface area contributed by atoms with E-state index in [0.29, 0.717) is 21.9 Å². The Kier molecular flexibility index (Phi) is 6.30. The molecule has 0 spiro atoms. The third-order valence-electron chi connectivity index (χ3n) is 3.41. The second-order valence-electron chi connectivity index (χ2n) is 5.19. The van der Waals surface area contributed by atoms with Gasteiger partial charge >= 0.3 is 0 Å². The van der Waals surface area contributed by atoms with E-state index in [4.69, 9.17) is 14.7 Å². The fourth-order valence-corrected chi connectivity index (χ4v) is 3.33. The maximum atomic E-state index is 8.90. The van der Waals surface area contributed by atoms with Gasteiger partial charge in [-0.05, 0) is 42.0 Å². The average Bonchev–Trinajstić information content (AvgIpc) is 2.69. The lowest BCUT2D eigenvalue weighted by Crippen LogP contribution is -2.01. The van der Waals surface area contributed by atoms with E-state index >= 15 is 0 Å². The van der Waals surface area contributed by atoms with Crippen molar-refractivity contribution in [1.82, 2.24) is 9.97 Å². The van der Waals surface area contributed by atoms with Crippen LogP contribution in [0.2, 0.25) is 0 Å². The number of rotatable bonds is 6. The Labute approximate surface area is 169 Å². The molecular weight excluding hydrogens is 461 g/mol. The van der Waals surface area contributed by atoms with E-state index in [2.05, 4.69) is 38.6 Å². The highest BCUT2D eigenvalue weighted by Crippen LogP contribution is 2.34. The van der Waals surface area contributed by atoms with Crippen molar-refractivity contribution < 1.29 is 9.47 Å². The summed E-state index contributed by atoms with van der Waals surface area (Å²) in [6, 6.07) is 17.2. The molecule has 0 fully saturated rings. The summed E-state index contributed by atoms with van der Waals surface area (Å²) in [6.45, 7) is 0.380. The highest BCUT2D eigenvalue weighted by Gasteiger charge is 2.10. The quantitative estimate of drug-likeness (QED) is 0.381. The number of halogens is 1. The molecule has 1 heterocycles. The number of benzene rings is 2. The largest absolute Gasteiger partial charge is 0.497 e. The molecule has 7 heteroatoms. The van der Waals surface area contributed by atoms with E-state index in [-0.39, 0.29) is 0 Å². The predicted octanol–water partition coefficient (Wildman–Crippen LogP) is 4.69. The van der Waals surface area contributed by atoms with E-state index in [1.165, 1.54) is 11.8 Å². The molecule has 0 unspecified atom stereocenters. The van der Waals surface area contributed by atoms with Crippen LogP contribution in [0.4, 0.5) is 0 Å². The minimum Gasteiger partial charge on any atom is -0.497 e. The molecule has 0 saturated heterocycles. The zero-order chi connectivity index (χ0) is 18.4. The van der Waals surface area contributed by atoms with E-state index in [9.17, 15) is 0 Å². The van der Waals surface area contributed by atoms with E-state index < -0.39 is 0 Å². The second kappa shape index (κ2) is 8.87. The molecule has 3 aromatic rings. The molecule has 2 aromatic carbocycles. The van der Waals surface area contributed by atoms with Crippen LogP contribution in [0, 0.1) is 15.2 Å². The van der Waals surface area contributed by atoms with Crippen LogP contribution < -0.4 is 9.47 Å². The molecule has 0 aliphatic rings. The summed E-state index contributed by atoms with van der Waals surface area (Å²) in [5.41, 5.74) is 1.62. The molecule has 0 atom stereocenters. The molecule has 1 aromatic heterocycles. The molecule has 26 heavy (non-hydrogen) atoms. The van der Waals surface area contributed by atoms with Gasteiger partial charge in [-0.25, -0.2) is 4.98 Å². The number of nitriles is 1. The summed E-state index contributed by atoms with van der Waals surface area (Å²) in [4.78, 5) is 10.5. The van der Waals surface area contributed by atoms with Crippen LogP contribution in [0.3, 0.4) is 0 Å². The maximum absolute atomic E-state index is 8.90. The lowest BCUT2D eigenvalue weighted by molar-refractivity contribution is 0.283. The van der Waals surface area contributed by atoms with E-state index in [1.807, 2.05) is 36.4 Å². The van der Waals surface area contributed by atoms with Gasteiger partial charge in [-0.2, -0.15) is 10.2 Å². The van der Waals surface area contributed by atoms with Gasteiger partial charge < -0.3 is 9.47 Å². The Balaban J connectivity index is 1.77. The standard InChI is InChI=1S/C19H14IN3O2S/c1-24-15-4-2-3-14(9-15)12-25-18-17(11-22-19(20)23-18)26-16-7-5-13(10-21)6-8-16/h2-9,11H,12H2,1H3. The Bertz CT molecular complexity index is 942. The maximum Gasteiger partial charge on any atom is 0.232 e. The molecule has 0 amide bonds. The van der Waals surface area contributed by atoms with E-state index in [1.54, 1.807) is 25.4 Å². The number of methoxy groups -OCH3 is 1. The van der Waals surface area contributed by atoms with Crippen molar-refractivity contribution in [3.05, 3.63) is 69.7 Å². The van der Waals surface area contributed by atoms with Gasteiger partial charge in [0.05, 0.1) is 23.6 Å². The molecule has 0 bridgehead atoms. The van der Waals surface area contributed by atoms with Crippen molar-refractivity contribution in [3.8, 4) is 17.7 Å². The Hall–Kier alpha value is -2.31. The summed E-state index contributed by atoms with van der Waals surface area (Å²) in [7, 11) is 1.64. The first-order chi connectivity index (χ1) is 12.7. The lowest BCUT2D eigenvalue weighted by Gasteiger charge is -2.11. The molecular formula is C19H14IN3O2S. The first-order valence-corrected chi connectivity index (χ1v) is 9.54. The van der Waals surface area contributed by atoms with Gasteiger partial charge in [-0.15, -0.1) is 0 Å². The zero-order valence-electron chi connectivity index (χ0n) is 13.8. The minimum absolute atomic E-state index is 0.380. The molecule has 5 nitrogen and oxygen atoms in total. The van der Waals surface area contributed by atoms with Crippen molar-refractivity contribution >= 4 is 34.4 Å². The molecule has 130 valence electrons. The predicted molar refractivity (Wildman–Crippen MR) is 107 cm³/mol. The fraction of sp³-hybridized carbons (Fsp3) is 0.105. The van der Waals surface area contributed by atoms with Gasteiger partial charge in [0, 0.05) is 33.7 Å². The average molecular weight is 475 g/mol. The summed E-state index contributed by atoms with van der Waals surface area (Å²) in [5, 5.41) is 8.90. The first kappa shape index (κ1) is 18.5. The molecule has 0 N–H and O–H groups in total. The van der Waals surface area contributed by atoms with E-state index in [0.717, 1.165) is 21.1 Å². The van der Waals surface area contributed by atoms with Gasteiger partial charge in [-0.3, -0.25) is 0 Å². The minimum atomic E-state index is 0.380. The number of aromatic nitrogens is 2. The number of ether oxygens (including phenoxy) is 2. The smallest absolute Gasteiger partial charge is 0.232 e. The van der Waals surface area contributed by atoms with Crippen molar-refractivity contribution in [2.75, 3.05) is 7.11 Å². The van der Waals surface area contributed by atoms with Crippen LogP contribution in [-0.4, -0.2) is 17.1 Å². The molecule has 0 aliphatic carbocycles.